The quantitative estimate of drug-likeness (QED) is 0.0931. The number of aliphatic hydroxyl groups is 9. The molecule has 3 aliphatic heterocycles. The summed E-state index contributed by atoms with van der Waals surface area (Å²) in [5.41, 5.74) is -0.959. The van der Waals surface area contributed by atoms with E-state index in [0.717, 1.165) is 32.1 Å². The van der Waals surface area contributed by atoms with Crippen LogP contribution < -0.4 is 0 Å². The Morgan fingerprint density at radius 3 is 2.00 bits per heavy atom. The number of rotatable bonds is 8. The van der Waals surface area contributed by atoms with Gasteiger partial charge in [-0.05, 0) is 116 Å². The molecule has 18 nitrogen and oxygen atoms in total. The first-order chi connectivity index (χ1) is 30.7. The summed E-state index contributed by atoms with van der Waals surface area (Å²) in [6, 6.07) is 0. The number of esters is 1. The minimum atomic E-state index is -1.91. The van der Waals surface area contributed by atoms with Crippen LogP contribution in [0.1, 0.15) is 120 Å². The highest BCUT2D eigenvalue weighted by molar-refractivity contribution is 5.79. The van der Waals surface area contributed by atoms with Crippen LogP contribution in [0.15, 0.2) is 11.6 Å². The van der Waals surface area contributed by atoms with Crippen molar-refractivity contribution in [3.8, 4) is 0 Å². The first kappa shape index (κ1) is 50.5. The van der Waals surface area contributed by atoms with Crippen molar-refractivity contribution >= 4 is 11.9 Å². The number of aliphatic hydroxyl groups excluding tert-OH is 9. The number of carbonyl (C=O) groups excluding carboxylic acids is 1. The first-order valence-corrected chi connectivity index (χ1v) is 24.2. The van der Waals surface area contributed by atoms with Gasteiger partial charge in [0, 0.05) is 0 Å². The lowest BCUT2D eigenvalue weighted by Gasteiger charge is -2.71. The lowest BCUT2D eigenvalue weighted by atomic mass is 9.33. The summed E-state index contributed by atoms with van der Waals surface area (Å²) in [7, 11) is 0. The molecule has 18 heteroatoms. The maximum atomic E-state index is 14.7. The predicted molar refractivity (Wildman–Crippen MR) is 229 cm³/mol. The molecule has 23 atom stereocenters. The van der Waals surface area contributed by atoms with Crippen LogP contribution in [0.2, 0.25) is 0 Å². The highest BCUT2D eigenvalue weighted by atomic mass is 16.8. The van der Waals surface area contributed by atoms with E-state index in [1.54, 1.807) is 0 Å². The van der Waals surface area contributed by atoms with Crippen LogP contribution in [0.3, 0.4) is 0 Å². The van der Waals surface area contributed by atoms with Crippen molar-refractivity contribution in [1.29, 1.82) is 0 Å². The number of carboxylic acids is 1. The molecule has 10 N–H and O–H groups in total. The van der Waals surface area contributed by atoms with Crippen molar-refractivity contribution in [2.45, 2.75) is 218 Å². The second kappa shape index (κ2) is 17.5. The fourth-order valence-electron chi connectivity index (χ4n) is 15.0. The zero-order valence-corrected chi connectivity index (χ0v) is 39.6. The van der Waals surface area contributed by atoms with Gasteiger partial charge in [-0.1, -0.05) is 60.1 Å². The summed E-state index contributed by atoms with van der Waals surface area (Å²) in [6.45, 7) is 16.9. The lowest BCUT2D eigenvalue weighted by molar-refractivity contribution is -0.376. The van der Waals surface area contributed by atoms with E-state index in [4.69, 9.17) is 28.4 Å². The van der Waals surface area contributed by atoms with Gasteiger partial charge in [-0.25, -0.2) is 4.79 Å². The molecule has 5 aliphatic carbocycles. The molecule has 0 radical (unpaired) electrons. The summed E-state index contributed by atoms with van der Waals surface area (Å²) in [6.07, 6.45) is -14.5. The molecule has 3 saturated heterocycles. The molecule has 8 aliphatic rings. The monoisotopic (exact) mass is 941 g/mol. The largest absolute Gasteiger partial charge is 0.479 e. The van der Waals surface area contributed by atoms with Crippen LogP contribution in [0.25, 0.3) is 0 Å². The van der Waals surface area contributed by atoms with E-state index < -0.39 is 128 Å². The van der Waals surface area contributed by atoms with E-state index in [9.17, 15) is 60.7 Å². The minimum Gasteiger partial charge on any atom is -0.479 e. The van der Waals surface area contributed by atoms with Gasteiger partial charge in [0.15, 0.2) is 18.7 Å². The summed E-state index contributed by atoms with van der Waals surface area (Å²) in [5.74, 6) is -1.96. The molecule has 8 rings (SSSR count). The van der Waals surface area contributed by atoms with Gasteiger partial charge in [-0.15, -0.1) is 0 Å². The predicted octanol–water partition coefficient (Wildman–Crippen LogP) is 1.26. The van der Waals surface area contributed by atoms with Crippen molar-refractivity contribution in [2.75, 3.05) is 6.61 Å². The van der Waals surface area contributed by atoms with Crippen LogP contribution in [-0.4, -0.2) is 168 Å². The van der Waals surface area contributed by atoms with E-state index in [-0.39, 0.29) is 39.4 Å². The minimum absolute atomic E-state index is 0.101. The van der Waals surface area contributed by atoms with Crippen LogP contribution in [0.5, 0.6) is 0 Å². The molecule has 0 unspecified atom stereocenters. The molecule has 3 heterocycles. The molecule has 0 spiro atoms. The molecule has 376 valence electrons. The van der Waals surface area contributed by atoms with Gasteiger partial charge in [0.2, 0.25) is 6.29 Å². The fourth-order valence-corrected chi connectivity index (χ4v) is 15.0. The van der Waals surface area contributed by atoms with Crippen LogP contribution in [-0.2, 0) is 38.0 Å². The SMILES string of the molecule is C[C@@H]1O[C@@H](O[C@H]2[C@H](O[C@H]3CC[C@]4(C)[C@H]5CC=C6[C@@H]7CC(C)(C)CC[C@]7(C(=O)O[C@@H]7O[C@H](C(=O)O)[C@@H](O)[C@H](O)[C@H]7O)CC[C@@]6(C)[C@]5(C)CC[C@H]4C3(C)C)O[C@H](CO)[C@@H](O)[C@@H]2O)[C@H](O)[C@H](O)[C@H]1O. The van der Waals surface area contributed by atoms with Gasteiger partial charge in [0.1, 0.15) is 61.0 Å². The number of hydrogen-bond acceptors (Lipinski definition) is 17. The van der Waals surface area contributed by atoms with Crippen molar-refractivity contribution in [2.24, 2.45) is 50.2 Å². The Balaban J connectivity index is 1.05. The van der Waals surface area contributed by atoms with E-state index in [1.807, 2.05) is 0 Å². The molecule has 0 amide bonds. The summed E-state index contributed by atoms with van der Waals surface area (Å²) in [5, 5.41) is 105. The first-order valence-electron chi connectivity index (χ1n) is 24.2. The molecule has 7 fully saturated rings. The Kier molecular flexibility index (Phi) is 13.4. The average Bonchev–Trinajstić information content (AvgIpc) is 3.25. The number of carbonyl (C=O) groups is 2. The molecule has 66 heavy (non-hydrogen) atoms. The van der Waals surface area contributed by atoms with Crippen LogP contribution >= 0.6 is 0 Å². The third kappa shape index (κ3) is 7.74. The number of carboxylic acid groups (broad SMARTS) is 1. The number of allylic oxidation sites excluding steroid dienone is 2. The summed E-state index contributed by atoms with van der Waals surface area (Å²) >= 11 is 0. The zero-order chi connectivity index (χ0) is 48.4. The van der Waals surface area contributed by atoms with Crippen molar-refractivity contribution in [3.63, 3.8) is 0 Å². The third-order valence-corrected chi connectivity index (χ3v) is 19.2. The van der Waals surface area contributed by atoms with Crippen molar-refractivity contribution in [3.05, 3.63) is 11.6 Å². The third-order valence-electron chi connectivity index (χ3n) is 19.2. The Labute approximate surface area is 386 Å². The van der Waals surface area contributed by atoms with Gasteiger partial charge in [0.25, 0.3) is 0 Å². The molecule has 0 aromatic heterocycles. The maximum absolute atomic E-state index is 14.7. The van der Waals surface area contributed by atoms with E-state index in [2.05, 4.69) is 54.5 Å². The molecule has 0 aromatic rings. The topological polar surface area (TPSA) is 292 Å². The number of fused-ring (bicyclic) bond motifs is 7. The molecule has 4 saturated carbocycles. The van der Waals surface area contributed by atoms with E-state index in [0.29, 0.717) is 32.1 Å². The van der Waals surface area contributed by atoms with Crippen LogP contribution in [0.4, 0.5) is 0 Å². The Bertz CT molecular complexity index is 1860. The normalized spacial score (nSPS) is 53.2. The highest BCUT2D eigenvalue weighted by Crippen LogP contribution is 2.76. The fraction of sp³-hybridized carbons (Fsp3) is 0.917. The summed E-state index contributed by atoms with van der Waals surface area (Å²) in [4.78, 5) is 26.6. The molecular formula is C48H76O18. The zero-order valence-electron chi connectivity index (χ0n) is 39.6. The van der Waals surface area contributed by atoms with Crippen molar-refractivity contribution < 1.29 is 89.1 Å². The van der Waals surface area contributed by atoms with Gasteiger partial charge in [0.05, 0.1) is 24.2 Å². The maximum Gasteiger partial charge on any atom is 0.335 e. The van der Waals surface area contributed by atoms with Crippen molar-refractivity contribution in [1.82, 2.24) is 0 Å². The second-order valence-corrected chi connectivity index (χ2v) is 23.5. The Morgan fingerprint density at radius 1 is 0.682 bits per heavy atom. The molecule has 0 aromatic carbocycles. The second-order valence-electron chi connectivity index (χ2n) is 23.5. The highest BCUT2D eigenvalue weighted by Gasteiger charge is 2.70. The van der Waals surface area contributed by atoms with Gasteiger partial charge >= 0.3 is 11.9 Å². The van der Waals surface area contributed by atoms with E-state index >= 15 is 0 Å². The van der Waals surface area contributed by atoms with E-state index in [1.165, 1.54) is 12.5 Å². The van der Waals surface area contributed by atoms with Gasteiger partial charge < -0.3 is 79.5 Å². The van der Waals surface area contributed by atoms with Gasteiger partial charge in [-0.2, -0.15) is 0 Å². The number of ether oxygens (including phenoxy) is 6. The Morgan fingerprint density at radius 2 is 1.33 bits per heavy atom. The standard InChI is InChI=1S/C48H76O18/c1-21-28(50)30(52)34(56)39(61-21)65-37-32(54)29(51)24(20-49)62-41(37)63-27-12-13-45(6)25(44(27,4)5)11-14-47(8)26(45)10-9-22-23-19-43(2,3)15-17-48(23,18-16-46(22,47)7)42(60)66-40-35(57)31(53)33(55)36(64-40)38(58)59/h9,21,23-37,39-41,49-57H,10-20H2,1-8H3,(H,58,59)/t21-,23-,24+,25-,26+,27-,28-,29+,30+,31-,32-,33-,34+,35+,36-,37+,39-,40-,41-,45-,46+,47+,48-/m0/s1. The average molecular weight is 941 g/mol. The summed E-state index contributed by atoms with van der Waals surface area (Å²) < 4.78 is 36.0. The number of aliphatic carboxylic acids is 1. The van der Waals surface area contributed by atoms with Gasteiger partial charge in [-0.3, -0.25) is 4.79 Å². The number of hydrogen-bond donors (Lipinski definition) is 10. The lowest BCUT2D eigenvalue weighted by Crippen LogP contribution is -2.67. The molecule has 0 bridgehead atoms. The smallest absolute Gasteiger partial charge is 0.335 e. The Hall–Kier alpha value is -1.88. The molecular weight excluding hydrogens is 865 g/mol. The van der Waals surface area contributed by atoms with Crippen LogP contribution in [0, 0.1) is 50.2 Å².